The Balaban J connectivity index is 3.63. The molecule has 0 aliphatic carbocycles. The molecule has 0 spiro atoms. The lowest BCUT2D eigenvalue weighted by Gasteiger charge is -1.98. The summed E-state index contributed by atoms with van der Waals surface area (Å²) < 4.78 is 4.05. The lowest BCUT2D eigenvalue weighted by molar-refractivity contribution is -0.140. The van der Waals surface area contributed by atoms with Crippen molar-refractivity contribution >= 4 is 18.3 Å². The second kappa shape index (κ2) is 5.85. The summed E-state index contributed by atoms with van der Waals surface area (Å²) in [6, 6.07) is 1.55. The van der Waals surface area contributed by atoms with Gasteiger partial charge in [-0.05, 0) is 0 Å². The molecule has 1 N–H and O–H groups in total. The average molecular weight is 170 g/mol. The van der Waals surface area contributed by atoms with E-state index >= 15 is 0 Å². The van der Waals surface area contributed by atoms with Crippen LogP contribution in [0.2, 0.25) is 0 Å². The molecule has 12 heavy (non-hydrogen) atoms. The predicted molar refractivity (Wildman–Crippen MR) is 35.4 cm³/mol. The summed E-state index contributed by atoms with van der Waals surface area (Å²) in [4.78, 5) is 30.7. The molecule has 0 saturated heterocycles. The second-order valence-corrected chi connectivity index (χ2v) is 1.71. The third-order valence-electron chi connectivity index (χ3n) is 0.801. The normalized spacial score (nSPS) is 7.92. The van der Waals surface area contributed by atoms with E-state index in [0.717, 1.165) is 0 Å². The number of carbonyl (C=O) groups excluding carboxylic acids is 3. The van der Waals surface area contributed by atoms with Crippen LogP contribution in [0.15, 0.2) is 0 Å². The molecule has 64 valence electrons. The number of amides is 2. The van der Waals surface area contributed by atoms with Gasteiger partial charge in [-0.15, -0.1) is 0 Å². The molecular weight excluding hydrogens is 164 g/mol. The van der Waals surface area contributed by atoms with Crippen molar-refractivity contribution in [3.05, 3.63) is 0 Å². The molecule has 0 heterocycles. The third kappa shape index (κ3) is 4.93. The van der Waals surface area contributed by atoms with E-state index in [0.29, 0.717) is 0 Å². The van der Waals surface area contributed by atoms with Crippen LogP contribution in [0.5, 0.6) is 0 Å². The minimum atomic E-state index is -0.748. The number of nitrogens with zero attached hydrogens (tertiary/aromatic N) is 1. The highest BCUT2D eigenvalue weighted by Gasteiger charge is 2.06. The molecule has 2 amide bonds. The average Bonchev–Trinajstić information content (AvgIpc) is 2.01. The number of nitriles is 1. The first-order valence-corrected chi connectivity index (χ1v) is 2.95. The van der Waals surface area contributed by atoms with Crippen LogP contribution in [0.4, 0.5) is 0 Å². The van der Waals surface area contributed by atoms with Crippen molar-refractivity contribution in [2.24, 2.45) is 0 Å². The van der Waals surface area contributed by atoms with Gasteiger partial charge < -0.3 is 4.74 Å². The highest BCUT2D eigenvalue weighted by atomic mass is 16.5. The molecule has 0 aromatic heterocycles. The highest BCUT2D eigenvalue weighted by Crippen LogP contribution is 1.76. The summed E-state index contributed by atoms with van der Waals surface area (Å²) in [5.41, 5.74) is 0. The zero-order valence-corrected chi connectivity index (χ0v) is 6.07. The van der Waals surface area contributed by atoms with Crippen LogP contribution in [0.1, 0.15) is 6.42 Å². The summed E-state index contributed by atoms with van der Waals surface area (Å²) in [5.74, 6) is -1.46. The highest BCUT2D eigenvalue weighted by molar-refractivity contribution is 5.96. The first-order valence-electron chi connectivity index (χ1n) is 2.95. The quantitative estimate of drug-likeness (QED) is 0.530. The van der Waals surface area contributed by atoms with Crippen molar-refractivity contribution in [3.8, 4) is 6.07 Å². The molecule has 0 atom stereocenters. The van der Waals surface area contributed by atoms with E-state index in [1.54, 1.807) is 6.07 Å². The zero-order chi connectivity index (χ0) is 9.40. The van der Waals surface area contributed by atoms with Crippen LogP contribution in [-0.4, -0.2) is 24.9 Å². The SMILES string of the molecule is N#CCC(=O)NC(=O)COC=O. The van der Waals surface area contributed by atoms with Gasteiger partial charge in [-0.1, -0.05) is 0 Å². The summed E-state index contributed by atoms with van der Waals surface area (Å²) in [6.07, 6.45) is -0.396. The van der Waals surface area contributed by atoms with Gasteiger partial charge in [-0.25, -0.2) is 0 Å². The lowest BCUT2D eigenvalue weighted by Crippen LogP contribution is -2.32. The van der Waals surface area contributed by atoms with Gasteiger partial charge in [-0.3, -0.25) is 19.7 Å². The maximum atomic E-state index is 10.6. The van der Waals surface area contributed by atoms with Gasteiger partial charge in [0.15, 0.2) is 6.61 Å². The van der Waals surface area contributed by atoms with Crippen LogP contribution in [0.25, 0.3) is 0 Å². The van der Waals surface area contributed by atoms with Gasteiger partial charge in [0, 0.05) is 0 Å². The summed E-state index contributed by atoms with van der Waals surface area (Å²) in [7, 11) is 0. The Hall–Kier alpha value is -1.90. The summed E-state index contributed by atoms with van der Waals surface area (Å²) in [6.45, 7) is -0.422. The van der Waals surface area contributed by atoms with E-state index < -0.39 is 24.8 Å². The first kappa shape index (κ1) is 10.1. The molecule has 0 fully saturated rings. The topological polar surface area (TPSA) is 96.3 Å². The van der Waals surface area contributed by atoms with Gasteiger partial charge in [0.05, 0.1) is 6.07 Å². The van der Waals surface area contributed by atoms with E-state index in [-0.39, 0.29) is 6.47 Å². The van der Waals surface area contributed by atoms with Crippen molar-refractivity contribution in [2.45, 2.75) is 6.42 Å². The number of carbonyl (C=O) groups is 3. The van der Waals surface area contributed by atoms with Gasteiger partial charge in [0.1, 0.15) is 6.42 Å². The molecule has 0 aliphatic heterocycles. The van der Waals surface area contributed by atoms with Crippen molar-refractivity contribution in [1.82, 2.24) is 5.32 Å². The maximum absolute atomic E-state index is 10.6. The Morgan fingerprint density at radius 2 is 2.17 bits per heavy atom. The van der Waals surface area contributed by atoms with E-state index in [1.165, 1.54) is 0 Å². The van der Waals surface area contributed by atoms with Crippen molar-refractivity contribution in [1.29, 1.82) is 5.26 Å². The molecule has 6 nitrogen and oxygen atoms in total. The fourth-order valence-corrected chi connectivity index (χ4v) is 0.417. The Labute approximate surface area is 68.1 Å². The molecule has 0 aromatic carbocycles. The monoisotopic (exact) mass is 170 g/mol. The number of imide groups is 1. The predicted octanol–water partition coefficient (Wildman–Crippen LogP) is -1.28. The number of hydrogen-bond donors (Lipinski definition) is 1. The lowest BCUT2D eigenvalue weighted by atomic mass is 10.4. The van der Waals surface area contributed by atoms with Gasteiger partial charge in [0.2, 0.25) is 5.91 Å². The summed E-state index contributed by atoms with van der Waals surface area (Å²) >= 11 is 0. The van der Waals surface area contributed by atoms with Crippen molar-refractivity contribution < 1.29 is 19.1 Å². The Morgan fingerprint density at radius 3 is 2.67 bits per heavy atom. The molecule has 0 aromatic rings. The molecule has 0 saturated carbocycles. The minimum absolute atomic E-state index is 0.0916. The van der Waals surface area contributed by atoms with E-state index in [4.69, 9.17) is 5.26 Å². The number of nitrogens with one attached hydrogen (secondary N) is 1. The van der Waals surface area contributed by atoms with E-state index in [2.05, 4.69) is 4.74 Å². The Morgan fingerprint density at radius 1 is 1.50 bits per heavy atom. The molecule has 0 rings (SSSR count). The van der Waals surface area contributed by atoms with Crippen molar-refractivity contribution in [3.63, 3.8) is 0 Å². The molecule has 0 bridgehead atoms. The number of ether oxygens (including phenoxy) is 1. The van der Waals surface area contributed by atoms with Crippen LogP contribution in [0, 0.1) is 11.3 Å². The minimum Gasteiger partial charge on any atom is -0.458 e. The number of rotatable bonds is 4. The van der Waals surface area contributed by atoms with E-state index in [1.807, 2.05) is 5.32 Å². The second-order valence-electron chi connectivity index (χ2n) is 1.71. The van der Waals surface area contributed by atoms with Crippen LogP contribution < -0.4 is 5.32 Å². The van der Waals surface area contributed by atoms with Gasteiger partial charge in [0.25, 0.3) is 12.4 Å². The molecule has 0 unspecified atom stereocenters. The Kier molecular flexibility index (Phi) is 4.93. The number of hydrogen-bond acceptors (Lipinski definition) is 5. The largest absolute Gasteiger partial charge is 0.458 e. The summed E-state index contributed by atoms with van der Waals surface area (Å²) in [5, 5.41) is 9.85. The molecular formula is C6H6N2O4. The Bertz CT molecular complexity index is 230. The zero-order valence-electron chi connectivity index (χ0n) is 6.07. The van der Waals surface area contributed by atoms with Crippen LogP contribution >= 0.6 is 0 Å². The van der Waals surface area contributed by atoms with Gasteiger partial charge >= 0.3 is 0 Å². The maximum Gasteiger partial charge on any atom is 0.293 e. The smallest absolute Gasteiger partial charge is 0.293 e. The molecule has 0 radical (unpaired) electrons. The third-order valence-corrected chi connectivity index (χ3v) is 0.801. The first-order chi connectivity index (χ1) is 5.70. The van der Waals surface area contributed by atoms with E-state index in [9.17, 15) is 14.4 Å². The molecule has 0 aliphatic rings. The van der Waals surface area contributed by atoms with Crippen LogP contribution in [0.3, 0.4) is 0 Å². The van der Waals surface area contributed by atoms with Gasteiger partial charge in [-0.2, -0.15) is 5.26 Å². The van der Waals surface area contributed by atoms with Crippen molar-refractivity contribution in [2.75, 3.05) is 6.61 Å². The fraction of sp³-hybridized carbons (Fsp3) is 0.333. The standard InChI is InChI=1S/C6H6N2O4/c7-2-1-5(10)8-6(11)3-12-4-9/h4H,1,3H2,(H,8,10,11). The van der Waals surface area contributed by atoms with Crippen LogP contribution in [-0.2, 0) is 19.1 Å². The molecule has 6 heteroatoms. The fourth-order valence-electron chi connectivity index (χ4n) is 0.417.